The van der Waals surface area contributed by atoms with Crippen molar-refractivity contribution in [3.05, 3.63) is 86.4 Å². The number of amides is 5. The summed E-state index contributed by atoms with van der Waals surface area (Å²) >= 11 is 7.51. The van der Waals surface area contributed by atoms with Gasteiger partial charge in [0.25, 0.3) is 17.7 Å². The molecular formula is C39H40ClFN10O5S. The summed E-state index contributed by atoms with van der Waals surface area (Å²) in [6.07, 6.45) is 3.44. The predicted octanol–water partition coefficient (Wildman–Crippen LogP) is 4.53. The second-order valence-corrected chi connectivity index (χ2v) is 16.1. The van der Waals surface area contributed by atoms with Crippen molar-refractivity contribution in [1.29, 1.82) is 0 Å². The second-order valence-electron chi connectivity index (χ2n) is 14.7. The number of nitrogens with zero attached hydrogens (tertiary/aromatic N) is 7. The summed E-state index contributed by atoms with van der Waals surface area (Å²) in [4.78, 5) is 85.2. The molecule has 296 valence electrons. The minimum Gasteiger partial charge on any atom is -0.356 e. The van der Waals surface area contributed by atoms with Crippen LogP contribution in [0.3, 0.4) is 0 Å². The van der Waals surface area contributed by atoms with Crippen molar-refractivity contribution < 1.29 is 28.4 Å². The molecule has 6 heterocycles. The van der Waals surface area contributed by atoms with Gasteiger partial charge in [-0.1, -0.05) is 35.1 Å². The Morgan fingerprint density at radius 1 is 0.982 bits per heavy atom. The fourth-order valence-electron chi connectivity index (χ4n) is 7.99. The van der Waals surface area contributed by atoms with Crippen molar-refractivity contribution in [2.75, 3.05) is 54.8 Å². The molecule has 8 rings (SSSR count). The lowest BCUT2D eigenvalue weighted by Gasteiger charge is -2.43. The Morgan fingerprint density at radius 3 is 2.49 bits per heavy atom. The minimum atomic E-state index is -1.14. The Balaban J connectivity index is 0.829. The Hall–Kier alpha value is -5.36. The highest BCUT2D eigenvalue weighted by atomic mass is 35.5. The molecule has 1 atom stereocenters. The van der Waals surface area contributed by atoms with Crippen LogP contribution in [0.25, 0.3) is 0 Å². The first-order chi connectivity index (χ1) is 27.4. The van der Waals surface area contributed by atoms with E-state index in [-0.39, 0.29) is 29.9 Å². The largest absolute Gasteiger partial charge is 0.356 e. The van der Waals surface area contributed by atoms with Crippen molar-refractivity contribution in [3.63, 3.8) is 0 Å². The van der Waals surface area contributed by atoms with Crippen molar-refractivity contribution in [2.45, 2.75) is 58.2 Å². The van der Waals surface area contributed by atoms with Crippen LogP contribution in [0.15, 0.2) is 42.6 Å². The maximum atomic E-state index is 15.3. The lowest BCUT2D eigenvalue weighted by atomic mass is 10.0. The van der Waals surface area contributed by atoms with Crippen LogP contribution < -0.4 is 20.9 Å². The minimum absolute atomic E-state index is 0.00425. The molecule has 2 aromatic heterocycles. The zero-order chi connectivity index (χ0) is 40.0. The Morgan fingerprint density at radius 2 is 1.75 bits per heavy atom. The van der Waals surface area contributed by atoms with Gasteiger partial charge < -0.3 is 15.5 Å². The van der Waals surface area contributed by atoms with E-state index in [1.807, 2.05) is 32.0 Å². The van der Waals surface area contributed by atoms with Crippen LogP contribution in [0.2, 0.25) is 5.02 Å². The quantitative estimate of drug-likeness (QED) is 0.202. The molecule has 0 bridgehead atoms. The fraction of sp³-hybridized carbons (Fsp3) is 0.385. The molecule has 5 amide bonds. The molecule has 0 aliphatic carbocycles. The number of aromatic nitrogens is 3. The van der Waals surface area contributed by atoms with Crippen LogP contribution in [0.4, 0.5) is 26.8 Å². The number of thiazole rings is 1. The molecule has 1 unspecified atom stereocenters. The number of carbonyl (C=O) groups excluding carboxylic acids is 5. The molecule has 0 radical (unpaired) electrons. The number of carbonyl (C=O) groups is 5. The lowest BCUT2D eigenvalue weighted by molar-refractivity contribution is -0.136. The van der Waals surface area contributed by atoms with Crippen molar-refractivity contribution >= 4 is 74.9 Å². The molecule has 3 fully saturated rings. The van der Waals surface area contributed by atoms with Crippen LogP contribution in [0.1, 0.15) is 73.0 Å². The SMILES string of the molecule is Cc1nc(Nc2ncc(C(=O)Nc3c(C)cccc3Cl)s2)cc(N2CCC(N3CCN(Cc4cc(F)c5c(c4)C(=O)N(C4CCC(=O)NC4=O)C5=O)CC3)CC2)n1. The molecule has 18 heteroatoms. The number of para-hydroxylation sites is 1. The smallest absolute Gasteiger partial charge is 0.267 e. The molecule has 4 aliphatic heterocycles. The third-order valence-corrected chi connectivity index (χ3v) is 12.1. The number of anilines is 4. The monoisotopic (exact) mass is 814 g/mol. The summed E-state index contributed by atoms with van der Waals surface area (Å²) in [6.45, 7) is 8.97. The Labute approximate surface area is 336 Å². The standard InChI is InChI=1S/C39H40ClFN10O5S/c1-21-4-3-5-26(40)34(21)47-36(54)29-19-42-39(57-29)45-30-18-31(44-22(2)43-30)50-10-8-24(9-11-50)49-14-12-48(13-15-49)20-23-16-25-33(27(41)17-23)38(56)51(37(25)55)28-6-7-32(52)46-35(28)53/h3-5,16-19,24,28H,6-15,20H2,1-2H3,(H,47,54)(H,46,52,53)(H,42,43,44,45). The number of fused-ring (bicyclic) bond motifs is 1. The second kappa shape index (κ2) is 15.9. The molecule has 3 saturated heterocycles. The highest BCUT2D eigenvalue weighted by Gasteiger charge is 2.46. The number of aryl methyl sites for hydroxylation is 2. The maximum absolute atomic E-state index is 15.3. The van der Waals surface area contributed by atoms with Crippen LogP contribution in [0, 0.1) is 19.7 Å². The van der Waals surface area contributed by atoms with E-state index >= 15 is 4.39 Å². The topological polar surface area (TPSA) is 173 Å². The summed E-state index contributed by atoms with van der Waals surface area (Å²) in [5.41, 5.74) is 1.64. The molecule has 4 aromatic rings. The zero-order valence-electron chi connectivity index (χ0n) is 31.3. The molecule has 0 saturated carbocycles. The molecule has 4 aliphatic rings. The number of benzene rings is 2. The lowest BCUT2D eigenvalue weighted by Crippen LogP contribution is -2.54. The number of imide groups is 2. The highest BCUT2D eigenvalue weighted by Crippen LogP contribution is 2.32. The van der Waals surface area contributed by atoms with Gasteiger partial charge in [-0.2, -0.15) is 0 Å². The molecule has 3 N–H and O–H groups in total. The van der Waals surface area contributed by atoms with Gasteiger partial charge in [-0.25, -0.2) is 19.3 Å². The van der Waals surface area contributed by atoms with Crippen molar-refractivity contribution in [1.82, 2.24) is 35.0 Å². The summed E-state index contributed by atoms with van der Waals surface area (Å²) in [6, 6.07) is 9.45. The summed E-state index contributed by atoms with van der Waals surface area (Å²) in [5.74, 6) is -1.83. The van der Waals surface area contributed by atoms with Gasteiger partial charge in [-0.05, 0) is 62.4 Å². The molecule has 57 heavy (non-hydrogen) atoms. The van der Waals surface area contributed by atoms with E-state index in [0.29, 0.717) is 50.5 Å². The van der Waals surface area contributed by atoms with Gasteiger partial charge in [-0.15, -0.1) is 0 Å². The van der Waals surface area contributed by atoms with E-state index in [9.17, 15) is 24.0 Å². The number of piperazine rings is 1. The van der Waals surface area contributed by atoms with Gasteiger partial charge in [0.1, 0.15) is 34.2 Å². The summed E-state index contributed by atoms with van der Waals surface area (Å²) < 4.78 is 15.3. The van der Waals surface area contributed by atoms with Gasteiger partial charge in [0.15, 0.2) is 5.13 Å². The zero-order valence-corrected chi connectivity index (χ0v) is 32.9. The predicted molar refractivity (Wildman–Crippen MR) is 211 cm³/mol. The number of nitrogens with one attached hydrogen (secondary N) is 3. The molecular weight excluding hydrogens is 775 g/mol. The van der Waals surface area contributed by atoms with Crippen LogP contribution in [0.5, 0.6) is 0 Å². The average molecular weight is 815 g/mol. The van der Waals surface area contributed by atoms with Gasteiger partial charge in [0.2, 0.25) is 11.8 Å². The molecule has 15 nitrogen and oxygen atoms in total. The number of rotatable bonds is 9. The number of halogens is 2. The van der Waals surface area contributed by atoms with E-state index in [4.69, 9.17) is 16.6 Å². The summed E-state index contributed by atoms with van der Waals surface area (Å²) in [5, 5.41) is 9.27. The maximum Gasteiger partial charge on any atom is 0.267 e. The van der Waals surface area contributed by atoms with E-state index in [0.717, 1.165) is 68.4 Å². The van der Waals surface area contributed by atoms with Gasteiger partial charge in [-0.3, -0.25) is 44.0 Å². The van der Waals surface area contributed by atoms with Gasteiger partial charge in [0.05, 0.1) is 28.0 Å². The van der Waals surface area contributed by atoms with Crippen molar-refractivity contribution in [2.24, 2.45) is 0 Å². The van der Waals surface area contributed by atoms with E-state index in [1.165, 1.54) is 23.6 Å². The average Bonchev–Trinajstić information content (AvgIpc) is 3.75. The van der Waals surface area contributed by atoms with Crippen molar-refractivity contribution in [3.8, 4) is 0 Å². The number of piperidine rings is 2. The van der Waals surface area contributed by atoms with Crippen LogP contribution >= 0.6 is 22.9 Å². The van der Waals surface area contributed by atoms with Crippen LogP contribution in [-0.2, 0) is 16.1 Å². The first kappa shape index (κ1) is 38.5. The first-order valence-corrected chi connectivity index (χ1v) is 20.0. The fourth-order valence-corrected chi connectivity index (χ4v) is 8.98. The third kappa shape index (κ3) is 7.97. The van der Waals surface area contributed by atoms with Crippen LogP contribution in [-0.4, -0.2) is 111 Å². The Bertz CT molecular complexity index is 2270. The highest BCUT2D eigenvalue weighted by molar-refractivity contribution is 7.17. The first-order valence-electron chi connectivity index (χ1n) is 18.8. The molecule has 2 aromatic carbocycles. The van der Waals surface area contributed by atoms with E-state index < -0.39 is 35.5 Å². The van der Waals surface area contributed by atoms with E-state index in [1.54, 1.807) is 12.1 Å². The Kier molecular flexibility index (Phi) is 10.7. The summed E-state index contributed by atoms with van der Waals surface area (Å²) in [7, 11) is 0. The van der Waals surface area contributed by atoms with Gasteiger partial charge in [0, 0.05) is 64.3 Å². The normalized spacial score (nSPS) is 19.5. The number of hydrogen-bond donors (Lipinski definition) is 3. The third-order valence-electron chi connectivity index (χ3n) is 10.9. The molecule has 0 spiro atoms. The van der Waals surface area contributed by atoms with Gasteiger partial charge >= 0.3 is 0 Å². The number of hydrogen-bond acceptors (Lipinski definition) is 13. The van der Waals surface area contributed by atoms with E-state index in [2.05, 4.69) is 40.6 Å².